The summed E-state index contributed by atoms with van der Waals surface area (Å²) in [5.41, 5.74) is 7.72. The molecular weight excluding hydrogens is 332 g/mol. The number of carbonyl (C=O) groups excluding carboxylic acids is 1. The van der Waals surface area contributed by atoms with Crippen molar-refractivity contribution in [2.45, 2.75) is 6.92 Å². The molecule has 2 N–H and O–H groups in total. The summed E-state index contributed by atoms with van der Waals surface area (Å²) in [7, 11) is 1.57. The highest BCUT2D eigenvalue weighted by Gasteiger charge is 2.09. The second-order valence-electron chi connectivity index (χ2n) is 5.52. The molecule has 2 aromatic carbocycles. The van der Waals surface area contributed by atoms with Crippen molar-refractivity contribution in [3.05, 3.63) is 71.5 Å². The Morgan fingerprint density at radius 3 is 2.62 bits per heavy atom. The standard InChI is InChI=1S/C19H18N4O3/c1-13-12-23(19(20)22-13)21-11-14-4-3-5-17(10-14)26-18(24)15-6-8-16(25-2)9-7-15/h3-12H,1-2H3,(H2,20,22). The van der Waals surface area contributed by atoms with Crippen LogP contribution in [0, 0.1) is 6.92 Å². The molecule has 0 aliphatic rings. The lowest BCUT2D eigenvalue weighted by molar-refractivity contribution is 0.0734. The van der Waals surface area contributed by atoms with Gasteiger partial charge in [0.15, 0.2) is 0 Å². The molecule has 0 amide bonds. The first-order chi connectivity index (χ1) is 12.5. The van der Waals surface area contributed by atoms with Crippen LogP contribution in [0.5, 0.6) is 11.5 Å². The molecule has 0 aliphatic heterocycles. The minimum absolute atomic E-state index is 0.306. The fraction of sp³-hybridized carbons (Fsp3) is 0.105. The maximum absolute atomic E-state index is 12.2. The van der Waals surface area contributed by atoms with Crippen molar-refractivity contribution in [2.75, 3.05) is 12.8 Å². The monoisotopic (exact) mass is 350 g/mol. The van der Waals surface area contributed by atoms with Crippen LogP contribution >= 0.6 is 0 Å². The first-order valence-corrected chi connectivity index (χ1v) is 7.87. The third kappa shape index (κ3) is 4.07. The van der Waals surface area contributed by atoms with Crippen molar-refractivity contribution in [3.8, 4) is 11.5 Å². The molecule has 0 saturated heterocycles. The smallest absolute Gasteiger partial charge is 0.343 e. The van der Waals surface area contributed by atoms with Crippen LogP contribution in [0.2, 0.25) is 0 Å². The molecule has 3 aromatic rings. The van der Waals surface area contributed by atoms with E-state index >= 15 is 0 Å². The summed E-state index contributed by atoms with van der Waals surface area (Å²) < 4.78 is 12.0. The van der Waals surface area contributed by atoms with Crippen molar-refractivity contribution in [1.82, 2.24) is 9.66 Å². The number of imidazole rings is 1. The zero-order valence-corrected chi connectivity index (χ0v) is 14.4. The minimum Gasteiger partial charge on any atom is -0.497 e. The Balaban J connectivity index is 1.72. The van der Waals surface area contributed by atoms with Crippen LogP contribution in [0.1, 0.15) is 21.6 Å². The average Bonchev–Trinajstić information content (AvgIpc) is 2.97. The van der Waals surface area contributed by atoms with Crippen LogP contribution in [-0.2, 0) is 0 Å². The molecule has 7 heteroatoms. The first-order valence-electron chi connectivity index (χ1n) is 7.87. The molecule has 132 valence electrons. The van der Waals surface area contributed by atoms with Gasteiger partial charge in [0.1, 0.15) is 11.5 Å². The van der Waals surface area contributed by atoms with Gasteiger partial charge in [0, 0.05) is 0 Å². The number of benzene rings is 2. The Hall–Kier alpha value is -3.61. The summed E-state index contributed by atoms with van der Waals surface area (Å²) in [5, 5.41) is 4.24. The summed E-state index contributed by atoms with van der Waals surface area (Å²) in [6.45, 7) is 1.83. The van der Waals surface area contributed by atoms with Crippen LogP contribution in [0.25, 0.3) is 0 Å². The number of aryl methyl sites for hydroxylation is 1. The van der Waals surface area contributed by atoms with Gasteiger partial charge in [-0.15, -0.1) is 0 Å². The van der Waals surface area contributed by atoms with Gasteiger partial charge >= 0.3 is 5.97 Å². The molecule has 0 atom stereocenters. The van der Waals surface area contributed by atoms with Crippen molar-refractivity contribution in [2.24, 2.45) is 5.10 Å². The Labute approximate surface area is 150 Å². The number of methoxy groups -OCH3 is 1. The number of nitrogens with zero attached hydrogens (tertiary/aromatic N) is 3. The molecule has 0 radical (unpaired) electrons. The highest BCUT2D eigenvalue weighted by atomic mass is 16.5. The largest absolute Gasteiger partial charge is 0.497 e. The lowest BCUT2D eigenvalue weighted by atomic mass is 10.2. The summed E-state index contributed by atoms with van der Waals surface area (Å²) in [6.07, 6.45) is 3.33. The molecule has 0 saturated carbocycles. The highest BCUT2D eigenvalue weighted by Crippen LogP contribution is 2.16. The Morgan fingerprint density at radius 1 is 1.19 bits per heavy atom. The fourth-order valence-electron chi connectivity index (χ4n) is 2.28. The molecule has 0 spiro atoms. The second-order valence-corrected chi connectivity index (χ2v) is 5.52. The number of carbonyl (C=O) groups is 1. The quantitative estimate of drug-likeness (QED) is 0.434. The van der Waals surface area contributed by atoms with E-state index in [2.05, 4.69) is 10.1 Å². The second kappa shape index (κ2) is 7.52. The summed E-state index contributed by atoms with van der Waals surface area (Å²) in [4.78, 5) is 16.3. The van der Waals surface area contributed by atoms with Gasteiger partial charge in [-0.2, -0.15) is 5.10 Å². The zero-order valence-electron chi connectivity index (χ0n) is 14.4. The third-order valence-electron chi connectivity index (χ3n) is 3.56. The van der Waals surface area contributed by atoms with Crippen LogP contribution in [0.15, 0.2) is 59.8 Å². The number of anilines is 1. The topological polar surface area (TPSA) is 91.7 Å². The lowest BCUT2D eigenvalue weighted by Gasteiger charge is -2.06. The predicted molar refractivity (Wildman–Crippen MR) is 98.8 cm³/mol. The van der Waals surface area contributed by atoms with Gasteiger partial charge in [-0.25, -0.2) is 14.5 Å². The van der Waals surface area contributed by atoms with E-state index in [-0.39, 0.29) is 0 Å². The van der Waals surface area contributed by atoms with E-state index in [0.717, 1.165) is 11.3 Å². The number of esters is 1. The van der Waals surface area contributed by atoms with Crippen molar-refractivity contribution >= 4 is 18.1 Å². The Morgan fingerprint density at radius 2 is 1.96 bits per heavy atom. The van der Waals surface area contributed by atoms with Crippen molar-refractivity contribution in [3.63, 3.8) is 0 Å². The number of nitrogen functional groups attached to an aromatic ring is 1. The summed E-state index contributed by atoms with van der Waals surface area (Å²) in [5.74, 6) is 0.954. The SMILES string of the molecule is COc1ccc(C(=O)Oc2cccc(C=Nn3cc(C)nc3N)c2)cc1. The summed E-state index contributed by atoms with van der Waals surface area (Å²) in [6, 6.07) is 13.7. The molecule has 0 unspecified atom stereocenters. The van der Waals surface area contributed by atoms with Gasteiger partial charge in [0.05, 0.1) is 30.8 Å². The van der Waals surface area contributed by atoms with Crippen LogP contribution < -0.4 is 15.2 Å². The Kier molecular flexibility index (Phi) is 4.98. The molecular formula is C19H18N4O3. The Bertz CT molecular complexity index is 946. The number of hydrogen-bond acceptors (Lipinski definition) is 6. The number of rotatable bonds is 5. The molecule has 1 aromatic heterocycles. The third-order valence-corrected chi connectivity index (χ3v) is 3.56. The van der Waals surface area contributed by atoms with E-state index in [1.807, 2.05) is 13.0 Å². The number of ether oxygens (including phenoxy) is 2. The maximum Gasteiger partial charge on any atom is 0.343 e. The first kappa shape index (κ1) is 17.2. The normalized spacial score (nSPS) is 10.8. The van der Waals surface area contributed by atoms with E-state index in [0.29, 0.717) is 23.0 Å². The van der Waals surface area contributed by atoms with Crippen LogP contribution in [0.4, 0.5) is 5.95 Å². The maximum atomic E-state index is 12.2. The lowest BCUT2D eigenvalue weighted by Crippen LogP contribution is -2.08. The zero-order chi connectivity index (χ0) is 18.5. The molecule has 26 heavy (non-hydrogen) atoms. The van der Waals surface area contributed by atoms with Gasteiger partial charge < -0.3 is 15.2 Å². The van der Waals surface area contributed by atoms with Crippen molar-refractivity contribution in [1.29, 1.82) is 0 Å². The van der Waals surface area contributed by atoms with Gasteiger partial charge in [0.25, 0.3) is 0 Å². The number of aromatic nitrogens is 2. The highest BCUT2D eigenvalue weighted by molar-refractivity contribution is 5.91. The molecule has 3 rings (SSSR count). The van der Waals surface area contributed by atoms with Crippen molar-refractivity contribution < 1.29 is 14.3 Å². The van der Waals surface area contributed by atoms with Gasteiger partial charge in [0.2, 0.25) is 5.95 Å². The minimum atomic E-state index is -0.448. The number of nitrogens with two attached hydrogens (primary N) is 1. The predicted octanol–water partition coefficient (Wildman–Crippen LogP) is 2.88. The number of hydrogen-bond donors (Lipinski definition) is 1. The van der Waals surface area contributed by atoms with Crippen LogP contribution in [-0.4, -0.2) is 29.0 Å². The fourth-order valence-corrected chi connectivity index (χ4v) is 2.28. The molecule has 0 fully saturated rings. The van der Waals surface area contributed by atoms with E-state index in [1.54, 1.807) is 62.0 Å². The van der Waals surface area contributed by atoms with Gasteiger partial charge in [-0.1, -0.05) is 12.1 Å². The molecule has 0 bridgehead atoms. The molecule has 0 aliphatic carbocycles. The van der Waals surface area contributed by atoms with E-state index in [4.69, 9.17) is 15.2 Å². The van der Waals surface area contributed by atoms with Crippen LogP contribution in [0.3, 0.4) is 0 Å². The van der Waals surface area contributed by atoms with Gasteiger partial charge in [-0.05, 0) is 48.9 Å². The van der Waals surface area contributed by atoms with E-state index in [1.165, 1.54) is 4.68 Å². The van der Waals surface area contributed by atoms with Gasteiger partial charge in [-0.3, -0.25) is 0 Å². The molecule has 7 nitrogen and oxygen atoms in total. The van der Waals surface area contributed by atoms with E-state index < -0.39 is 5.97 Å². The summed E-state index contributed by atoms with van der Waals surface area (Å²) >= 11 is 0. The average molecular weight is 350 g/mol. The molecule has 1 heterocycles. The van der Waals surface area contributed by atoms with E-state index in [9.17, 15) is 4.79 Å².